The predicted molar refractivity (Wildman–Crippen MR) is 83.5 cm³/mol. The third-order valence-electron chi connectivity index (χ3n) is 2.64. The van der Waals surface area contributed by atoms with Crippen molar-refractivity contribution in [3.8, 4) is 5.75 Å². The number of alkyl halides is 3. The standard InChI is InChI=1S/C17H17F3O5/c1-12(2)16(22)24-11-3-10-23-15(21)9-6-13-4-7-14(8-5-13)25-17(18,19)20/h4-9H,1,3,10-11H2,2H3/b9-6+. The lowest BCUT2D eigenvalue weighted by Crippen LogP contribution is -2.16. The Morgan fingerprint density at radius 2 is 1.72 bits per heavy atom. The van der Waals surface area contributed by atoms with E-state index >= 15 is 0 Å². The first-order valence-electron chi connectivity index (χ1n) is 7.20. The molecule has 0 aliphatic carbocycles. The van der Waals surface area contributed by atoms with Crippen molar-refractivity contribution in [2.75, 3.05) is 13.2 Å². The van der Waals surface area contributed by atoms with Crippen LogP contribution in [0, 0.1) is 0 Å². The maximum atomic E-state index is 12.0. The average Bonchev–Trinajstić information content (AvgIpc) is 2.52. The zero-order chi connectivity index (χ0) is 18.9. The van der Waals surface area contributed by atoms with E-state index in [9.17, 15) is 22.8 Å². The first-order chi connectivity index (χ1) is 11.7. The molecular weight excluding hydrogens is 341 g/mol. The van der Waals surface area contributed by atoms with Crippen molar-refractivity contribution < 1.29 is 37.0 Å². The second-order valence-corrected chi connectivity index (χ2v) is 4.89. The zero-order valence-corrected chi connectivity index (χ0v) is 13.5. The number of carbonyl (C=O) groups is 2. The molecule has 1 rings (SSSR count). The molecule has 1 aromatic rings. The lowest BCUT2D eigenvalue weighted by Gasteiger charge is -2.08. The molecule has 0 aliphatic heterocycles. The van der Waals surface area contributed by atoms with Crippen molar-refractivity contribution in [3.63, 3.8) is 0 Å². The third-order valence-corrected chi connectivity index (χ3v) is 2.64. The minimum absolute atomic E-state index is 0.0605. The van der Waals surface area contributed by atoms with Gasteiger partial charge in [-0.05, 0) is 30.7 Å². The largest absolute Gasteiger partial charge is 0.573 e. The minimum Gasteiger partial charge on any atom is -0.462 e. The van der Waals surface area contributed by atoms with Crippen LogP contribution in [0.2, 0.25) is 0 Å². The van der Waals surface area contributed by atoms with Gasteiger partial charge in [-0.2, -0.15) is 0 Å². The molecule has 136 valence electrons. The molecule has 0 fully saturated rings. The van der Waals surface area contributed by atoms with Gasteiger partial charge in [0.2, 0.25) is 0 Å². The van der Waals surface area contributed by atoms with Crippen molar-refractivity contribution in [2.24, 2.45) is 0 Å². The molecule has 0 unspecified atom stereocenters. The second-order valence-electron chi connectivity index (χ2n) is 4.89. The Bertz CT molecular complexity index is 633. The van der Waals surface area contributed by atoms with Crippen molar-refractivity contribution in [3.05, 3.63) is 48.1 Å². The number of hydrogen-bond donors (Lipinski definition) is 0. The monoisotopic (exact) mass is 358 g/mol. The molecule has 5 nitrogen and oxygen atoms in total. The molecule has 0 amide bonds. The van der Waals surface area contributed by atoms with Crippen molar-refractivity contribution in [1.82, 2.24) is 0 Å². The summed E-state index contributed by atoms with van der Waals surface area (Å²) in [5.41, 5.74) is 0.786. The van der Waals surface area contributed by atoms with Gasteiger partial charge in [-0.15, -0.1) is 13.2 Å². The van der Waals surface area contributed by atoms with Crippen LogP contribution in [-0.4, -0.2) is 31.5 Å². The summed E-state index contributed by atoms with van der Waals surface area (Å²) in [4.78, 5) is 22.6. The van der Waals surface area contributed by atoms with Gasteiger partial charge in [0.15, 0.2) is 0 Å². The van der Waals surface area contributed by atoms with E-state index in [-0.39, 0.29) is 24.5 Å². The van der Waals surface area contributed by atoms with E-state index < -0.39 is 18.3 Å². The smallest absolute Gasteiger partial charge is 0.462 e. The summed E-state index contributed by atoms with van der Waals surface area (Å²) in [6.07, 6.45) is -1.89. The summed E-state index contributed by atoms with van der Waals surface area (Å²) in [6, 6.07) is 4.99. The van der Waals surface area contributed by atoms with Gasteiger partial charge in [0.25, 0.3) is 0 Å². The number of carbonyl (C=O) groups excluding carboxylic acids is 2. The summed E-state index contributed by atoms with van der Waals surface area (Å²) in [5.74, 6) is -1.48. The number of ether oxygens (including phenoxy) is 3. The lowest BCUT2D eigenvalue weighted by molar-refractivity contribution is -0.274. The summed E-state index contributed by atoms with van der Waals surface area (Å²) in [6.45, 7) is 5.11. The van der Waals surface area contributed by atoms with Crippen LogP contribution in [0.1, 0.15) is 18.9 Å². The minimum atomic E-state index is -4.75. The van der Waals surface area contributed by atoms with Gasteiger partial charge in [0.1, 0.15) is 5.75 Å². The van der Waals surface area contributed by atoms with E-state index in [1.165, 1.54) is 25.1 Å². The molecule has 0 N–H and O–H groups in total. The first-order valence-corrected chi connectivity index (χ1v) is 7.20. The number of benzene rings is 1. The fourth-order valence-corrected chi connectivity index (χ4v) is 1.51. The molecule has 1 aromatic carbocycles. The lowest BCUT2D eigenvalue weighted by atomic mass is 10.2. The molecule has 0 radical (unpaired) electrons. The van der Waals surface area contributed by atoms with E-state index in [0.29, 0.717) is 12.0 Å². The summed E-state index contributed by atoms with van der Waals surface area (Å²) in [5, 5.41) is 0. The van der Waals surface area contributed by atoms with Crippen LogP contribution >= 0.6 is 0 Å². The summed E-state index contributed by atoms with van der Waals surface area (Å²) in [7, 11) is 0. The Labute approximate surface area is 142 Å². The molecule has 0 atom stereocenters. The second kappa shape index (κ2) is 9.51. The molecule has 0 saturated carbocycles. The van der Waals surface area contributed by atoms with Gasteiger partial charge in [-0.25, -0.2) is 9.59 Å². The highest BCUT2D eigenvalue weighted by atomic mass is 19.4. The van der Waals surface area contributed by atoms with E-state index in [4.69, 9.17) is 9.47 Å². The van der Waals surface area contributed by atoms with Gasteiger partial charge in [0.05, 0.1) is 13.2 Å². The number of rotatable bonds is 8. The quantitative estimate of drug-likeness (QED) is 0.403. The SMILES string of the molecule is C=C(C)C(=O)OCCCOC(=O)/C=C/c1ccc(OC(F)(F)F)cc1. The Balaban J connectivity index is 2.32. The summed E-state index contributed by atoms with van der Waals surface area (Å²) < 4.78 is 49.5. The Morgan fingerprint density at radius 3 is 2.28 bits per heavy atom. The van der Waals surface area contributed by atoms with Crippen LogP contribution < -0.4 is 4.74 Å². The van der Waals surface area contributed by atoms with Crippen LogP contribution in [0.15, 0.2) is 42.5 Å². The first kappa shape index (κ1) is 20.3. The highest BCUT2D eigenvalue weighted by Crippen LogP contribution is 2.22. The molecule has 8 heteroatoms. The topological polar surface area (TPSA) is 61.8 Å². The molecule has 0 bridgehead atoms. The average molecular weight is 358 g/mol. The fraction of sp³-hybridized carbons (Fsp3) is 0.294. The van der Waals surface area contributed by atoms with Crippen molar-refractivity contribution in [2.45, 2.75) is 19.7 Å². The molecule has 0 aliphatic rings. The Kier molecular flexibility index (Phi) is 7.71. The van der Waals surface area contributed by atoms with Gasteiger partial charge in [-0.1, -0.05) is 18.7 Å². The van der Waals surface area contributed by atoms with Gasteiger partial charge >= 0.3 is 18.3 Å². The molecule has 0 heterocycles. The molecule has 0 saturated heterocycles. The van der Waals surface area contributed by atoms with Gasteiger partial charge in [0, 0.05) is 18.1 Å². The Hall–Kier alpha value is -2.77. The predicted octanol–water partition coefficient (Wildman–Crippen LogP) is 3.65. The van der Waals surface area contributed by atoms with Crippen molar-refractivity contribution >= 4 is 18.0 Å². The van der Waals surface area contributed by atoms with Gasteiger partial charge in [-0.3, -0.25) is 0 Å². The normalized spacial score (nSPS) is 11.2. The maximum Gasteiger partial charge on any atom is 0.573 e. The molecule has 25 heavy (non-hydrogen) atoms. The van der Waals surface area contributed by atoms with E-state index in [2.05, 4.69) is 11.3 Å². The third kappa shape index (κ3) is 9.19. The maximum absolute atomic E-state index is 12.0. The number of halogens is 3. The number of esters is 2. The Morgan fingerprint density at radius 1 is 1.12 bits per heavy atom. The van der Waals surface area contributed by atoms with Crippen LogP contribution in [-0.2, 0) is 19.1 Å². The van der Waals surface area contributed by atoms with E-state index in [1.807, 2.05) is 0 Å². The van der Waals surface area contributed by atoms with Crippen LogP contribution in [0.4, 0.5) is 13.2 Å². The summed E-state index contributed by atoms with van der Waals surface area (Å²) >= 11 is 0. The molecular formula is C17H17F3O5. The van der Waals surface area contributed by atoms with E-state index in [0.717, 1.165) is 18.2 Å². The highest BCUT2D eigenvalue weighted by Gasteiger charge is 2.30. The molecule has 0 aromatic heterocycles. The fourth-order valence-electron chi connectivity index (χ4n) is 1.51. The van der Waals surface area contributed by atoms with E-state index in [1.54, 1.807) is 0 Å². The van der Waals surface area contributed by atoms with Crippen LogP contribution in [0.5, 0.6) is 5.75 Å². The van der Waals surface area contributed by atoms with Crippen LogP contribution in [0.25, 0.3) is 6.08 Å². The molecule has 0 spiro atoms. The number of hydrogen-bond acceptors (Lipinski definition) is 5. The van der Waals surface area contributed by atoms with Crippen molar-refractivity contribution in [1.29, 1.82) is 0 Å². The van der Waals surface area contributed by atoms with Crippen LogP contribution in [0.3, 0.4) is 0 Å². The van der Waals surface area contributed by atoms with Gasteiger partial charge < -0.3 is 14.2 Å². The highest BCUT2D eigenvalue weighted by molar-refractivity contribution is 5.87. The zero-order valence-electron chi connectivity index (χ0n) is 13.5.